The van der Waals surface area contributed by atoms with Crippen LogP contribution in [-0.2, 0) is 24.2 Å². The molecule has 220 valence electrons. The molecule has 4 heterocycles. The van der Waals surface area contributed by atoms with E-state index in [1.807, 2.05) is 22.9 Å². The predicted molar refractivity (Wildman–Crippen MR) is 163 cm³/mol. The molecular weight excluding hydrogens is 592 g/mol. The Morgan fingerprint density at radius 1 is 1.07 bits per heavy atom. The smallest absolute Gasteiger partial charge is 0.253 e. The van der Waals surface area contributed by atoms with E-state index in [0.29, 0.717) is 44.6 Å². The van der Waals surface area contributed by atoms with Crippen LogP contribution < -0.4 is 10.9 Å². The van der Waals surface area contributed by atoms with Gasteiger partial charge in [0.05, 0.1) is 29.9 Å². The number of aromatic nitrogens is 4. The summed E-state index contributed by atoms with van der Waals surface area (Å²) in [7, 11) is 0. The van der Waals surface area contributed by atoms with Crippen LogP contribution in [0, 0.1) is 5.82 Å². The van der Waals surface area contributed by atoms with Gasteiger partial charge in [0, 0.05) is 53.1 Å². The molecule has 6 rings (SSSR count). The van der Waals surface area contributed by atoms with E-state index >= 15 is 4.39 Å². The van der Waals surface area contributed by atoms with Gasteiger partial charge in [-0.3, -0.25) is 14.6 Å². The molecule has 1 N–H and O–H groups in total. The highest BCUT2D eigenvalue weighted by Gasteiger charge is 2.22. The van der Waals surface area contributed by atoms with E-state index in [2.05, 4.69) is 10.3 Å². The van der Waals surface area contributed by atoms with E-state index in [9.17, 15) is 9.59 Å². The summed E-state index contributed by atoms with van der Waals surface area (Å²) < 4.78 is 24.4. The molecule has 43 heavy (non-hydrogen) atoms. The predicted octanol–water partition coefficient (Wildman–Crippen LogP) is 6.31. The molecule has 1 amide bonds. The molecule has 0 spiro atoms. The zero-order chi connectivity index (χ0) is 29.9. The lowest BCUT2D eigenvalue weighted by Crippen LogP contribution is -2.24. The molecular formula is C32H28Cl2FN5O3. The molecule has 0 bridgehead atoms. The largest absolute Gasteiger partial charge is 0.356 e. The van der Waals surface area contributed by atoms with Crippen LogP contribution in [0.5, 0.6) is 0 Å². The van der Waals surface area contributed by atoms with Gasteiger partial charge in [-0.2, -0.15) is 5.10 Å². The average Bonchev–Trinajstić information content (AvgIpc) is 3.37. The van der Waals surface area contributed by atoms with Crippen LogP contribution in [0.25, 0.3) is 10.9 Å². The quantitative estimate of drug-likeness (QED) is 0.220. The lowest BCUT2D eigenvalue weighted by molar-refractivity contribution is -0.0369. The molecule has 1 aliphatic heterocycles. The zero-order valence-corrected chi connectivity index (χ0v) is 24.6. The highest BCUT2D eigenvalue weighted by molar-refractivity contribution is 6.31. The Morgan fingerprint density at radius 3 is 2.77 bits per heavy atom. The first-order chi connectivity index (χ1) is 20.9. The normalized spacial score (nSPS) is 15.1. The highest BCUT2D eigenvalue weighted by atomic mass is 35.5. The van der Waals surface area contributed by atoms with E-state index < -0.39 is 5.82 Å². The second-order valence-electron chi connectivity index (χ2n) is 10.5. The maximum Gasteiger partial charge on any atom is 0.253 e. The minimum absolute atomic E-state index is 0.153. The fourth-order valence-corrected chi connectivity index (χ4v) is 5.72. The van der Waals surface area contributed by atoms with Crippen molar-refractivity contribution in [3.8, 4) is 0 Å². The van der Waals surface area contributed by atoms with Gasteiger partial charge in [-0.1, -0.05) is 29.3 Å². The van der Waals surface area contributed by atoms with Gasteiger partial charge in [-0.15, -0.1) is 0 Å². The third-order valence-electron chi connectivity index (χ3n) is 7.50. The van der Waals surface area contributed by atoms with Crippen molar-refractivity contribution in [3.05, 3.63) is 127 Å². The van der Waals surface area contributed by atoms with E-state index in [4.69, 9.17) is 33.0 Å². The molecule has 3 aromatic heterocycles. The van der Waals surface area contributed by atoms with Gasteiger partial charge in [0.15, 0.2) is 6.23 Å². The molecule has 1 unspecified atom stereocenters. The zero-order valence-electron chi connectivity index (χ0n) is 23.1. The first kappa shape index (κ1) is 29.0. The number of ether oxygens (including phenoxy) is 1. The summed E-state index contributed by atoms with van der Waals surface area (Å²) in [6.45, 7) is 1.01. The summed E-state index contributed by atoms with van der Waals surface area (Å²) in [5.74, 6) is -0.795. The monoisotopic (exact) mass is 619 g/mol. The van der Waals surface area contributed by atoms with Gasteiger partial charge < -0.3 is 14.6 Å². The third-order valence-corrected chi connectivity index (χ3v) is 8.08. The van der Waals surface area contributed by atoms with Crippen molar-refractivity contribution in [2.24, 2.45) is 0 Å². The summed E-state index contributed by atoms with van der Waals surface area (Å²) in [6.07, 6.45) is 7.65. The van der Waals surface area contributed by atoms with Gasteiger partial charge in [0.2, 0.25) is 0 Å². The molecule has 0 saturated carbocycles. The van der Waals surface area contributed by atoms with Crippen LogP contribution in [0.2, 0.25) is 10.0 Å². The van der Waals surface area contributed by atoms with Gasteiger partial charge in [0.25, 0.3) is 11.5 Å². The van der Waals surface area contributed by atoms with Crippen molar-refractivity contribution in [2.75, 3.05) is 6.61 Å². The Kier molecular flexibility index (Phi) is 8.56. The van der Waals surface area contributed by atoms with Crippen molar-refractivity contribution in [1.82, 2.24) is 24.6 Å². The third kappa shape index (κ3) is 6.49. The maximum atomic E-state index is 15.1. The minimum Gasteiger partial charge on any atom is -0.356 e. The van der Waals surface area contributed by atoms with Crippen LogP contribution in [0.3, 0.4) is 0 Å². The SMILES string of the molecule is O=C(NCc1nn(C2CCCCO2)c2ccc(Cl)cc12)c1cncc(Cc2cc(Cl)c(Cn3ccccc3=O)cc2F)c1. The van der Waals surface area contributed by atoms with Crippen molar-refractivity contribution in [3.63, 3.8) is 0 Å². The van der Waals surface area contributed by atoms with Crippen molar-refractivity contribution in [1.29, 1.82) is 0 Å². The Labute approximate surface area is 257 Å². The van der Waals surface area contributed by atoms with Gasteiger partial charge in [-0.25, -0.2) is 9.07 Å². The van der Waals surface area contributed by atoms with Crippen LogP contribution in [0.15, 0.2) is 78.0 Å². The van der Waals surface area contributed by atoms with E-state index in [1.54, 1.807) is 36.7 Å². The number of nitrogens with one attached hydrogen (secondary N) is 1. The fraction of sp³-hybridized carbons (Fsp3) is 0.250. The number of carbonyl (C=O) groups is 1. The van der Waals surface area contributed by atoms with Gasteiger partial charge >= 0.3 is 0 Å². The summed E-state index contributed by atoms with van der Waals surface area (Å²) in [6, 6.07) is 15.0. The summed E-state index contributed by atoms with van der Waals surface area (Å²) in [5.41, 5.74) is 3.20. The molecule has 1 fully saturated rings. The Morgan fingerprint density at radius 2 is 1.95 bits per heavy atom. The number of hydrogen-bond acceptors (Lipinski definition) is 5. The molecule has 11 heteroatoms. The standard InChI is InChI=1S/C32H28Cl2FN5O3/c33-24-7-8-29-25(15-24)28(38-40(29)31-6-2-4-10-43-31)18-37-32(42)22-12-20(16-36-17-22)11-21-13-26(34)23(14-27(21)35)19-39-9-3-1-5-30(39)41/h1,3,5,7-9,12-17,31H,2,4,6,10-11,18-19H2,(H,37,42). The fourth-order valence-electron chi connectivity index (χ4n) is 5.30. The number of amides is 1. The average molecular weight is 621 g/mol. The summed E-state index contributed by atoms with van der Waals surface area (Å²) in [4.78, 5) is 29.4. The van der Waals surface area contributed by atoms with Crippen molar-refractivity contribution >= 4 is 40.0 Å². The van der Waals surface area contributed by atoms with Crippen LogP contribution in [0.1, 0.15) is 58.2 Å². The summed E-state index contributed by atoms with van der Waals surface area (Å²) >= 11 is 12.8. The first-order valence-corrected chi connectivity index (χ1v) is 14.7. The van der Waals surface area contributed by atoms with Crippen molar-refractivity contribution in [2.45, 2.75) is 45.0 Å². The second-order valence-corrected chi connectivity index (χ2v) is 11.4. The molecule has 0 radical (unpaired) electrons. The second kappa shape index (κ2) is 12.7. The lowest BCUT2D eigenvalue weighted by atomic mass is 10.0. The number of halogens is 3. The molecule has 1 saturated heterocycles. The molecule has 2 aromatic carbocycles. The van der Waals surface area contributed by atoms with Crippen LogP contribution in [-0.4, -0.2) is 31.8 Å². The first-order valence-electron chi connectivity index (χ1n) is 14.0. The molecule has 0 aliphatic carbocycles. The highest BCUT2D eigenvalue weighted by Crippen LogP contribution is 2.30. The van der Waals surface area contributed by atoms with Crippen LogP contribution in [0.4, 0.5) is 4.39 Å². The summed E-state index contributed by atoms with van der Waals surface area (Å²) in [5, 5.41) is 9.48. The Hall–Kier alpha value is -4.05. The van der Waals surface area contributed by atoms with Gasteiger partial charge in [0.1, 0.15) is 5.82 Å². The number of pyridine rings is 2. The number of rotatable bonds is 8. The maximum absolute atomic E-state index is 15.1. The number of benzene rings is 2. The topological polar surface area (TPSA) is 91.0 Å². The van der Waals surface area contributed by atoms with Gasteiger partial charge in [-0.05, 0) is 78.4 Å². The molecule has 1 aliphatic rings. The number of hydrogen-bond donors (Lipinski definition) is 1. The van der Waals surface area contributed by atoms with E-state index in [-0.39, 0.29) is 37.2 Å². The molecule has 5 aromatic rings. The van der Waals surface area contributed by atoms with Crippen molar-refractivity contribution < 1.29 is 13.9 Å². The minimum atomic E-state index is -0.457. The number of nitrogens with zero attached hydrogens (tertiary/aromatic N) is 4. The number of fused-ring (bicyclic) bond motifs is 1. The lowest BCUT2D eigenvalue weighted by Gasteiger charge is -2.23. The number of carbonyl (C=O) groups excluding carboxylic acids is 1. The Balaban J connectivity index is 1.16. The Bertz CT molecular complexity index is 1870. The molecule has 8 nitrogen and oxygen atoms in total. The van der Waals surface area contributed by atoms with E-state index in [1.165, 1.54) is 22.9 Å². The van der Waals surface area contributed by atoms with E-state index in [0.717, 1.165) is 30.2 Å². The van der Waals surface area contributed by atoms with Crippen LogP contribution >= 0.6 is 23.2 Å². The molecule has 1 atom stereocenters.